The molecule has 0 atom stereocenters. The maximum atomic E-state index is 12.4. The topological polar surface area (TPSA) is 0 Å². The molecule has 1 aromatic carbocycles. The van der Waals surface area contributed by atoms with Crippen LogP contribution >= 0.6 is 0 Å². The normalized spacial score (nSPS) is 10.0. The monoisotopic (exact) mass is 160 g/mol. The minimum Gasteiger partial charge on any atom is -0.207 e. The van der Waals surface area contributed by atoms with Crippen LogP contribution < -0.4 is 0 Å². The van der Waals surface area contributed by atoms with Crippen LogP contribution in [-0.2, 0) is 0 Å². The molecule has 0 bridgehead atoms. The summed E-state index contributed by atoms with van der Waals surface area (Å²) >= 11 is 0. The van der Waals surface area contributed by atoms with Crippen molar-refractivity contribution in [2.24, 2.45) is 0 Å². The lowest BCUT2D eigenvalue weighted by Gasteiger charge is -1.90. The van der Waals surface area contributed by atoms with Gasteiger partial charge < -0.3 is 0 Å². The molecule has 0 spiro atoms. The highest BCUT2D eigenvalue weighted by Gasteiger charge is 1.87. The molecule has 0 amide bonds. The van der Waals surface area contributed by atoms with Crippen LogP contribution in [0.3, 0.4) is 0 Å². The Morgan fingerprint density at radius 1 is 1.33 bits per heavy atom. The highest BCUT2D eigenvalue weighted by Crippen LogP contribution is 2.04. The van der Waals surface area contributed by atoms with Crippen LogP contribution in [0.25, 0.3) is 6.08 Å². The number of allylic oxidation sites excluding steroid dienone is 1. The number of halogens is 1. The molecule has 0 unspecified atom stereocenters. The fraction of sp³-hybridized carbons (Fsp3) is 0.0909. The Morgan fingerprint density at radius 3 is 2.58 bits per heavy atom. The summed E-state index contributed by atoms with van der Waals surface area (Å²) in [6.07, 6.45) is 9.41. The Bertz CT molecular complexity index is 301. The third-order valence-electron chi connectivity index (χ3n) is 1.42. The van der Waals surface area contributed by atoms with E-state index >= 15 is 0 Å². The van der Waals surface area contributed by atoms with Crippen LogP contribution in [0.15, 0.2) is 30.3 Å². The fourth-order valence-electron chi connectivity index (χ4n) is 0.837. The molecule has 0 aliphatic rings. The second kappa shape index (κ2) is 4.35. The maximum Gasteiger partial charge on any atom is 0.123 e. The van der Waals surface area contributed by atoms with Gasteiger partial charge in [-0.05, 0) is 17.7 Å². The van der Waals surface area contributed by atoms with Crippen LogP contribution in [0, 0.1) is 18.2 Å². The van der Waals surface area contributed by atoms with E-state index in [1.165, 1.54) is 12.1 Å². The molecule has 0 N–H and O–H groups in total. The standard InChI is InChI=1S/C11H9F/c1-2-3-4-5-10-6-8-11(12)9-7-10/h1,4-9H,3H2/b5-4+. The summed E-state index contributed by atoms with van der Waals surface area (Å²) in [7, 11) is 0. The molecule has 0 aliphatic carbocycles. The van der Waals surface area contributed by atoms with E-state index in [0.29, 0.717) is 6.42 Å². The van der Waals surface area contributed by atoms with Gasteiger partial charge in [0.05, 0.1) is 0 Å². The second-order valence-corrected chi connectivity index (χ2v) is 2.36. The van der Waals surface area contributed by atoms with E-state index in [2.05, 4.69) is 5.92 Å². The molecule has 0 fully saturated rings. The summed E-state index contributed by atoms with van der Waals surface area (Å²) in [5, 5.41) is 0. The van der Waals surface area contributed by atoms with Gasteiger partial charge in [0.2, 0.25) is 0 Å². The van der Waals surface area contributed by atoms with E-state index < -0.39 is 0 Å². The summed E-state index contributed by atoms with van der Waals surface area (Å²) in [4.78, 5) is 0. The van der Waals surface area contributed by atoms with Gasteiger partial charge in [0.15, 0.2) is 0 Å². The first kappa shape index (κ1) is 8.55. The molecular formula is C11H9F. The van der Waals surface area contributed by atoms with Crippen molar-refractivity contribution >= 4 is 6.08 Å². The highest BCUT2D eigenvalue weighted by atomic mass is 19.1. The minimum absolute atomic E-state index is 0.218. The van der Waals surface area contributed by atoms with Crippen LogP contribution in [0.2, 0.25) is 0 Å². The number of benzene rings is 1. The van der Waals surface area contributed by atoms with E-state index in [1.54, 1.807) is 12.1 Å². The minimum atomic E-state index is -0.218. The lowest BCUT2D eigenvalue weighted by Crippen LogP contribution is -1.73. The molecule has 0 radical (unpaired) electrons. The van der Waals surface area contributed by atoms with Crippen molar-refractivity contribution in [3.63, 3.8) is 0 Å². The number of hydrogen-bond donors (Lipinski definition) is 0. The van der Waals surface area contributed by atoms with Crippen molar-refractivity contribution in [2.75, 3.05) is 0 Å². The van der Waals surface area contributed by atoms with Crippen LogP contribution in [-0.4, -0.2) is 0 Å². The Hall–Kier alpha value is -1.55. The average molecular weight is 160 g/mol. The summed E-state index contributed by atoms with van der Waals surface area (Å²) in [5.74, 6) is 2.27. The quantitative estimate of drug-likeness (QED) is 0.583. The Morgan fingerprint density at radius 2 is 2.00 bits per heavy atom. The molecule has 0 aromatic heterocycles. The average Bonchev–Trinajstić information content (AvgIpc) is 2.09. The predicted octanol–water partition coefficient (Wildman–Crippen LogP) is 2.86. The zero-order valence-electron chi connectivity index (χ0n) is 6.63. The summed E-state index contributed by atoms with van der Waals surface area (Å²) in [5.41, 5.74) is 0.964. The van der Waals surface area contributed by atoms with E-state index in [9.17, 15) is 4.39 Å². The van der Waals surface area contributed by atoms with Gasteiger partial charge in [0.25, 0.3) is 0 Å². The zero-order chi connectivity index (χ0) is 8.81. The van der Waals surface area contributed by atoms with Crippen molar-refractivity contribution in [1.29, 1.82) is 0 Å². The van der Waals surface area contributed by atoms with Gasteiger partial charge in [-0.2, -0.15) is 0 Å². The molecule has 0 saturated carbocycles. The van der Waals surface area contributed by atoms with Gasteiger partial charge in [-0.3, -0.25) is 0 Å². The van der Waals surface area contributed by atoms with E-state index in [0.717, 1.165) is 5.56 Å². The zero-order valence-corrected chi connectivity index (χ0v) is 6.63. The molecule has 1 rings (SSSR count). The van der Waals surface area contributed by atoms with E-state index in [4.69, 9.17) is 6.42 Å². The third kappa shape index (κ3) is 2.59. The van der Waals surface area contributed by atoms with Crippen molar-refractivity contribution in [3.05, 3.63) is 41.7 Å². The first-order valence-electron chi connectivity index (χ1n) is 3.68. The first-order chi connectivity index (χ1) is 5.83. The largest absolute Gasteiger partial charge is 0.207 e. The maximum absolute atomic E-state index is 12.4. The molecule has 1 heteroatoms. The summed E-state index contributed by atoms with van der Waals surface area (Å²) in [6.45, 7) is 0. The van der Waals surface area contributed by atoms with Gasteiger partial charge in [0.1, 0.15) is 5.82 Å². The van der Waals surface area contributed by atoms with E-state index in [1.807, 2.05) is 12.2 Å². The van der Waals surface area contributed by atoms with Crippen molar-refractivity contribution in [2.45, 2.75) is 6.42 Å². The van der Waals surface area contributed by atoms with Gasteiger partial charge in [-0.1, -0.05) is 24.3 Å². The highest BCUT2D eigenvalue weighted by molar-refractivity contribution is 5.49. The van der Waals surface area contributed by atoms with Crippen LogP contribution in [0.4, 0.5) is 4.39 Å². The molecule has 0 nitrogen and oxygen atoms in total. The third-order valence-corrected chi connectivity index (χ3v) is 1.42. The summed E-state index contributed by atoms with van der Waals surface area (Å²) < 4.78 is 12.4. The predicted molar refractivity (Wildman–Crippen MR) is 48.9 cm³/mol. The Balaban J connectivity index is 2.66. The lowest BCUT2D eigenvalue weighted by molar-refractivity contribution is 0.628. The van der Waals surface area contributed by atoms with E-state index in [-0.39, 0.29) is 5.82 Å². The first-order valence-corrected chi connectivity index (χ1v) is 3.68. The SMILES string of the molecule is C#CC/C=C/c1ccc(F)cc1. The molecule has 60 valence electrons. The molecule has 0 aliphatic heterocycles. The second-order valence-electron chi connectivity index (χ2n) is 2.36. The van der Waals surface area contributed by atoms with Gasteiger partial charge in [-0.15, -0.1) is 12.3 Å². The number of rotatable bonds is 2. The summed E-state index contributed by atoms with van der Waals surface area (Å²) in [6, 6.07) is 6.27. The molecule has 0 saturated heterocycles. The molecular weight excluding hydrogens is 151 g/mol. The van der Waals surface area contributed by atoms with Crippen molar-refractivity contribution in [1.82, 2.24) is 0 Å². The van der Waals surface area contributed by atoms with Gasteiger partial charge in [-0.25, -0.2) is 4.39 Å². The van der Waals surface area contributed by atoms with Crippen molar-refractivity contribution in [3.8, 4) is 12.3 Å². The Kier molecular flexibility index (Phi) is 3.10. The molecule has 0 heterocycles. The molecule has 1 aromatic rings. The molecule has 12 heavy (non-hydrogen) atoms. The number of terminal acetylenes is 1. The Labute approximate surface area is 71.7 Å². The van der Waals surface area contributed by atoms with Gasteiger partial charge >= 0.3 is 0 Å². The van der Waals surface area contributed by atoms with Crippen LogP contribution in [0.5, 0.6) is 0 Å². The van der Waals surface area contributed by atoms with Crippen molar-refractivity contribution < 1.29 is 4.39 Å². The fourth-order valence-corrected chi connectivity index (χ4v) is 0.837. The van der Waals surface area contributed by atoms with Crippen LogP contribution in [0.1, 0.15) is 12.0 Å². The van der Waals surface area contributed by atoms with Gasteiger partial charge in [0, 0.05) is 6.42 Å². The lowest BCUT2D eigenvalue weighted by atomic mass is 10.2. The number of hydrogen-bond acceptors (Lipinski definition) is 0. The smallest absolute Gasteiger partial charge is 0.123 e.